The lowest BCUT2D eigenvalue weighted by molar-refractivity contribution is 0.145. The van der Waals surface area contributed by atoms with Gasteiger partial charge in [0.05, 0.1) is 6.61 Å². The molecule has 0 saturated carbocycles. The highest BCUT2D eigenvalue weighted by Gasteiger charge is 2.07. The highest BCUT2D eigenvalue weighted by Crippen LogP contribution is 2.09. The summed E-state index contributed by atoms with van der Waals surface area (Å²) in [7, 11) is 0. The van der Waals surface area contributed by atoms with Crippen LogP contribution >= 0.6 is 0 Å². The molecule has 0 atom stereocenters. The summed E-state index contributed by atoms with van der Waals surface area (Å²) in [5, 5.41) is 9.08. The van der Waals surface area contributed by atoms with E-state index in [1.54, 1.807) is 6.07 Å². The highest BCUT2D eigenvalue weighted by molar-refractivity contribution is 5.72. The normalized spacial score (nSPS) is 9.75. The molecule has 12 heavy (non-hydrogen) atoms. The van der Waals surface area contributed by atoms with Crippen LogP contribution in [0.4, 0.5) is 4.79 Å². The molecule has 1 rings (SSSR count). The molecule has 1 aromatic heterocycles. The van der Waals surface area contributed by atoms with Gasteiger partial charge in [0.25, 0.3) is 0 Å². The molecule has 0 bridgehead atoms. The molecule has 4 nitrogen and oxygen atoms in total. The van der Waals surface area contributed by atoms with E-state index < -0.39 is 6.09 Å². The van der Waals surface area contributed by atoms with Crippen LogP contribution in [0.15, 0.2) is 18.3 Å². The van der Waals surface area contributed by atoms with Crippen molar-refractivity contribution in [3.05, 3.63) is 18.3 Å². The first-order valence-electron chi connectivity index (χ1n) is 3.79. The Morgan fingerprint density at radius 1 is 1.75 bits per heavy atom. The predicted molar refractivity (Wildman–Crippen MR) is 43.1 cm³/mol. The number of aromatic hydroxyl groups is 1. The third kappa shape index (κ3) is 1.78. The Morgan fingerprint density at radius 3 is 3.00 bits per heavy atom. The van der Waals surface area contributed by atoms with Gasteiger partial charge in [-0.05, 0) is 12.5 Å². The summed E-state index contributed by atoms with van der Waals surface area (Å²) in [6.45, 7) is 2.28. The zero-order chi connectivity index (χ0) is 8.97. The van der Waals surface area contributed by atoms with Crippen molar-refractivity contribution in [1.29, 1.82) is 0 Å². The van der Waals surface area contributed by atoms with Crippen LogP contribution < -0.4 is 0 Å². The molecule has 66 valence electrons. The summed E-state index contributed by atoms with van der Waals surface area (Å²) in [6.07, 6.45) is 1.68. The SMILES string of the molecule is CCCOC(=O)n1cccc1O. The van der Waals surface area contributed by atoms with E-state index in [0.717, 1.165) is 11.0 Å². The van der Waals surface area contributed by atoms with Gasteiger partial charge in [-0.3, -0.25) is 0 Å². The lowest BCUT2D eigenvalue weighted by Gasteiger charge is -2.03. The minimum absolute atomic E-state index is 0.101. The molecule has 0 spiro atoms. The first-order valence-corrected chi connectivity index (χ1v) is 3.79. The lowest BCUT2D eigenvalue weighted by Crippen LogP contribution is -2.12. The Bertz CT molecular complexity index is 267. The second-order valence-electron chi connectivity index (χ2n) is 2.35. The predicted octanol–water partition coefficient (Wildman–Crippen LogP) is 1.59. The molecule has 0 aliphatic carbocycles. The zero-order valence-electron chi connectivity index (χ0n) is 6.86. The van der Waals surface area contributed by atoms with Crippen molar-refractivity contribution in [2.45, 2.75) is 13.3 Å². The maximum absolute atomic E-state index is 11.1. The second-order valence-corrected chi connectivity index (χ2v) is 2.35. The monoisotopic (exact) mass is 169 g/mol. The first-order chi connectivity index (χ1) is 5.75. The van der Waals surface area contributed by atoms with Gasteiger partial charge in [-0.2, -0.15) is 0 Å². The molecule has 4 heteroatoms. The van der Waals surface area contributed by atoms with Crippen molar-refractivity contribution in [3.63, 3.8) is 0 Å². The van der Waals surface area contributed by atoms with Gasteiger partial charge in [0.1, 0.15) is 0 Å². The molecule has 0 saturated heterocycles. The van der Waals surface area contributed by atoms with E-state index >= 15 is 0 Å². The van der Waals surface area contributed by atoms with Crippen molar-refractivity contribution in [3.8, 4) is 5.88 Å². The molecule has 1 heterocycles. The zero-order valence-corrected chi connectivity index (χ0v) is 6.86. The van der Waals surface area contributed by atoms with Crippen molar-refractivity contribution in [1.82, 2.24) is 4.57 Å². The van der Waals surface area contributed by atoms with Crippen LogP contribution in [0.3, 0.4) is 0 Å². The fraction of sp³-hybridized carbons (Fsp3) is 0.375. The number of hydrogen-bond acceptors (Lipinski definition) is 3. The van der Waals surface area contributed by atoms with Crippen molar-refractivity contribution in [2.75, 3.05) is 6.61 Å². The molecular formula is C8H11NO3. The molecule has 0 amide bonds. The molecule has 1 N–H and O–H groups in total. The summed E-state index contributed by atoms with van der Waals surface area (Å²) in [6, 6.07) is 3.00. The molecule has 0 aliphatic rings. The van der Waals surface area contributed by atoms with Crippen LogP contribution in [0, 0.1) is 0 Å². The summed E-state index contributed by atoms with van der Waals surface area (Å²) in [5.41, 5.74) is 0. The minimum atomic E-state index is -0.542. The van der Waals surface area contributed by atoms with E-state index in [1.165, 1.54) is 12.3 Å². The Kier molecular flexibility index (Phi) is 2.74. The largest absolute Gasteiger partial charge is 0.494 e. The topological polar surface area (TPSA) is 51.5 Å². The average molecular weight is 169 g/mol. The number of rotatable bonds is 2. The second kappa shape index (κ2) is 3.80. The minimum Gasteiger partial charge on any atom is -0.494 e. The molecule has 0 aliphatic heterocycles. The van der Waals surface area contributed by atoms with Crippen LogP contribution in [-0.2, 0) is 4.74 Å². The molecular weight excluding hydrogens is 158 g/mol. The van der Waals surface area contributed by atoms with E-state index in [9.17, 15) is 4.79 Å². The summed E-state index contributed by atoms with van der Waals surface area (Å²) in [4.78, 5) is 11.1. The van der Waals surface area contributed by atoms with Gasteiger partial charge in [-0.1, -0.05) is 6.92 Å². The molecule has 0 aromatic carbocycles. The smallest absolute Gasteiger partial charge is 0.420 e. The van der Waals surface area contributed by atoms with Crippen LogP contribution in [-0.4, -0.2) is 22.4 Å². The third-order valence-electron chi connectivity index (χ3n) is 1.35. The number of ether oxygens (including phenoxy) is 1. The Labute approximate surface area is 70.4 Å². The van der Waals surface area contributed by atoms with E-state index in [1.807, 2.05) is 6.92 Å². The lowest BCUT2D eigenvalue weighted by atomic mass is 10.5. The van der Waals surface area contributed by atoms with Gasteiger partial charge in [-0.15, -0.1) is 0 Å². The average Bonchev–Trinajstić information content (AvgIpc) is 2.47. The van der Waals surface area contributed by atoms with E-state index in [2.05, 4.69) is 0 Å². The fourth-order valence-corrected chi connectivity index (χ4v) is 0.785. The maximum atomic E-state index is 11.1. The van der Waals surface area contributed by atoms with Crippen molar-refractivity contribution in [2.24, 2.45) is 0 Å². The number of aromatic nitrogens is 1. The molecule has 1 aromatic rings. The van der Waals surface area contributed by atoms with Gasteiger partial charge in [0.2, 0.25) is 5.88 Å². The highest BCUT2D eigenvalue weighted by atomic mass is 16.6. The summed E-state index contributed by atoms with van der Waals surface area (Å²) < 4.78 is 5.83. The molecule has 0 radical (unpaired) electrons. The van der Waals surface area contributed by atoms with E-state index in [4.69, 9.17) is 9.84 Å². The van der Waals surface area contributed by atoms with Crippen molar-refractivity contribution >= 4 is 6.09 Å². The van der Waals surface area contributed by atoms with Gasteiger partial charge < -0.3 is 9.84 Å². The number of carbonyl (C=O) groups excluding carboxylic acids is 1. The Hall–Kier alpha value is -1.45. The van der Waals surface area contributed by atoms with Crippen LogP contribution in [0.25, 0.3) is 0 Å². The standard InChI is InChI=1S/C8H11NO3/c1-2-6-12-8(11)9-5-3-4-7(9)10/h3-5,10H,2,6H2,1H3. The molecule has 0 unspecified atom stereocenters. The quantitative estimate of drug-likeness (QED) is 0.731. The van der Waals surface area contributed by atoms with Gasteiger partial charge in [-0.25, -0.2) is 9.36 Å². The van der Waals surface area contributed by atoms with Crippen LogP contribution in [0.1, 0.15) is 13.3 Å². The number of carbonyl (C=O) groups is 1. The Morgan fingerprint density at radius 2 is 2.50 bits per heavy atom. The van der Waals surface area contributed by atoms with Crippen molar-refractivity contribution < 1.29 is 14.6 Å². The first kappa shape index (κ1) is 8.64. The fourth-order valence-electron chi connectivity index (χ4n) is 0.785. The Balaban J connectivity index is 2.59. The van der Waals surface area contributed by atoms with Gasteiger partial charge in [0, 0.05) is 12.3 Å². The number of hydrogen-bond donors (Lipinski definition) is 1. The summed E-state index contributed by atoms with van der Waals surface area (Å²) in [5.74, 6) is -0.101. The van der Waals surface area contributed by atoms with E-state index in [0.29, 0.717) is 6.61 Å². The number of nitrogens with zero attached hydrogens (tertiary/aromatic N) is 1. The summed E-state index contributed by atoms with van der Waals surface area (Å²) >= 11 is 0. The van der Waals surface area contributed by atoms with Crippen LogP contribution in [0.2, 0.25) is 0 Å². The van der Waals surface area contributed by atoms with E-state index in [-0.39, 0.29) is 5.88 Å². The maximum Gasteiger partial charge on any atom is 0.420 e. The van der Waals surface area contributed by atoms with Gasteiger partial charge in [0.15, 0.2) is 0 Å². The van der Waals surface area contributed by atoms with Gasteiger partial charge >= 0.3 is 6.09 Å². The third-order valence-corrected chi connectivity index (χ3v) is 1.35. The molecule has 0 fully saturated rings. The van der Waals surface area contributed by atoms with Crippen LogP contribution in [0.5, 0.6) is 5.88 Å².